The summed E-state index contributed by atoms with van der Waals surface area (Å²) in [6, 6.07) is 10.7. The van der Waals surface area contributed by atoms with E-state index in [-0.39, 0.29) is 12.1 Å². The molecule has 5 nitrogen and oxygen atoms in total. The number of benzene rings is 1. The lowest BCUT2D eigenvalue weighted by Crippen LogP contribution is -2.60. The van der Waals surface area contributed by atoms with E-state index in [9.17, 15) is 5.11 Å². The van der Waals surface area contributed by atoms with Crippen LogP contribution in [0.1, 0.15) is 25.5 Å². The van der Waals surface area contributed by atoms with Crippen molar-refractivity contribution in [1.29, 1.82) is 0 Å². The zero-order valence-electron chi connectivity index (χ0n) is 14.9. The highest BCUT2D eigenvalue weighted by atomic mass is 16.5. The third-order valence-corrected chi connectivity index (χ3v) is 5.04. The van der Waals surface area contributed by atoms with Gasteiger partial charge in [-0.1, -0.05) is 30.3 Å². The average Bonchev–Trinajstić information content (AvgIpc) is 2.61. The maximum Gasteiger partial charge on any atom is 0.0764 e. The van der Waals surface area contributed by atoms with Crippen LogP contribution in [-0.4, -0.2) is 79.2 Å². The van der Waals surface area contributed by atoms with E-state index >= 15 is 0 Å². The molecule has 0 saturated carbocycles. The Bertz CT molecular complexity index is 491. The molecule has 0 aromatic heterocycles. The third-order valence-electron chi connectivity index (χ3n) is 5.04. The van der Waals surface area contributed by atoms with Gasteiger partial charge >= 0.3 is 0 Å². The predicted molar refractivity (Wildman–Crippen MR) is 94.1 cm³/mol. The minimum absolute atomic E-state index is 0.0156. The summed E-state index contributed by atoms with van der Waals surface area (Å²) in [5.41, 5.74) is 0.453. The van der Waals surface area contributed by atoms with Crippen LogP contribution in [0.5, 0.6) is 0 Å². The van der Waals surface area contributed by atoms with E-state index in [2.05, 4.69) is 34.1 Å². The molecule has 2 aliphatic heterocycles. The molecule has 1 aromatic rings. The summed E-state index contributed by atoms with van der Waals surface area (Å²) in [6.45, 7) is 10.4. The van der Waals surface area contributed by atoms with Crippen LogP contribution in [0.4, 0.5) is 0 Å². The molecule has 2 heterocycles. The van der Waals surface area contributed by atoms with Gasteiger partial charge in [0.15, 0.2) is 0 Å². The number of morpholine rings is 2. The van der Waals surface area contributed by atoms with Gasteiger partial charge in [0.25, 0.3) is 0 Å². The normalized spacial score (nSPS) is 23.8. The first-order valence-electron chi connectivity index (χ1n) is 8.98. The van der Waals surface area contributed by atoms with E-state index in [1.165, 1.54) is 5.56 Å². The molecule has 2 aliphatic rings. The molecule has 0 amide bonds. The van der Waals surface area contributed by atoms with Crippen LogP contribution in [0.3, 0.4) is 0 Å². The summed E-state index contributed by atoms with van der Waals surface area (Å²) in [5, 5.41) is 11.1. The molecule has 0 bridgehead atoms. The first-order valence-corrected chi connectivity index (χ1v) is 8.98. The van der Waals surface area contributed by atoms with Crippen molar-refractivity contribution in [2.45, 2.75) is 31.5 Å². The monoisotopic (exact) mass is 334 g/mol. The van der Waals surface area contributed by atoms with Crippen LogP contribution < -0.4 is 0 Å². The molecule has 134 valence electrons. The second-order valence-corrected chi connectivity index (χ2v) is 7.25. The number of nitrogens with zero attached hydrogens (tertiary/aromatic N) is 2. The van der Waals surface area contributed by atoms with Crippen molar-refractivity contribution >= 4 is 0 Å². The Balaban J connectivity index is 1.96. The first-order chi connectivity index (χ1) is 11.6. The number of hydrogen-bond donors (Lipinski definition) is 1. The molecule has 0 radical (unpaired) electrons. The number of aliphatic hydroxyl groups is 1. The maximum absolute atomic E-state index is 11.1. The fraction of sp³-hybridized carbons (Fsp3) is 0.684. The van der Waals surface area contributed by atoms with E-state index in [1.54, 1.807) is 0 Å². The van der Waals surface area contributed by atoms with Crippen LogP contribution in [0.2, 0.25) is 0 Å². The van der Waals surface area contributed by atoms with Gasteiger partial charge in [0.1, 0.15) is 0 Å². The summed E-state index contributed by atoms with van der Waals surface area (Å²) in [7, 11) is 0. The van der Waals surface area contributed by atoms with Gasteiger partial charge in [-0.05, 0) is 19.4 Å². The maximum atomic E-state index is 11.1. The van der Waals surface area contributed by atoms with Gasteiger partial charge in [0, 0.05) is 26.2 Å². The topological polar surface area (TPSA) is 45.2 Å². The van der Waals surface area contributed by atoms with Crippen LogP contribution >= 0.6 is 0 Å². The standard InChI is InChI=1S/C19H30N2O3/c1-19(2,22)18(21-10-14-24-15-11-21)17(16-6-4-3-5-7-16)20-8-12-23-13-9-20/h3-7,17-18,22H,8-15H2,1-2H3. The van der Waals surface area contributed by atoms with Crippen molar-refractivity contribution in [3.8, 4) is 0 Å². The third kappa shape index (κ3) is 4.16. The molecule has 2 atom stereocenters. The van der Waals surface area contributed by atoms with Crippen molar-refractivity contribution in [3.05, 3.63) is 35.9 Å². The Morgan fingerprint density at radius 2 is 1.38 bits per heavy atom. The molecular weight excluding hydrogens is 304 g/mol. The molecule has 1 N–H and O–H groups in total. The number of ether oxygens (including phenoxy) is 2. The minimum atomic E-state index is -0.809. The molecule has 0 spiro atoms. The molecule has 2 unspecified atom stereocenters. The fourth-order valence-electron chi connectivity index (χ4n) is 3.99. The Morgan fingerprint density at radius 3 is 1.88 bits per heavy atom. The highest BCUT2D eigenvalue weighted by Crippen LogP contribution is 2.34. The van der Waals surface area contributed by atoms with Crippen LogP contribution in [0, 0.1) is 0 Å². The molecular formula is C19H30N2O3. The van der Waals surface area contributed by atoms with E-state index in [4.69, 9.17) is 9.47 Å². The van der Waals surface area contributed by atoms with E-state index < -0.39 is 5.60 Å². The van der Waals surface area contributed by atoms with Gasteiger partial charge in [0.05, 0.1) is 44.1 Å². The fourth-order valence-corrected chi connectivity index (χ4v) is 3.99. The largest absolute Gasteiger partial charge is 0.389 e. The minimum Gasteiger partial charge on any atom is -0.389 e. The molecule has 0 aliphatic carbocycles. The highest BCUT2D eigenvalue weighted by Gasteiger charge is 2.42. The summed E-state index contributed by atoms with van der Waals surface area (Å²) in [6.07, 6.45) is 0. The summed E-state index contributed by atoms with van der Waals surface area (Å²) < 4.78 is 11.1. The van der Waals surface area contributed by atoms with E-state index in [0.717, 1.165) is 52.6 Å². The van der Waals surface area contributed by atoms with Gasteiger partial charge in [0.2, 0.25) is 0 Å². The second-order valence-electron chi connectivity index (χ2n) is 7.25. The van der Waals surface area contributed by atoms with Gasteiger partial charge < -0.3 is 14.6 Å². The summed E-state index contributed by atoms with van der Waals surface area (Å²) >= 11 is 0. The molecule has 1 aromatic carbocycles. The Kier molecular flexibility index (Phi) is 5.89. The van der Waals surface area contributed by atoms with Crippen LogP contribution in [-0.2, 0) is 9.47 Å². The molecule has 24 heavy (non-hydrogen) atoms. The van der Waals surface area contributed by atoms with Crippen molar-refractivity contribution in [1.82, 2.24) is 9.80 Å². The molecule has 2 fully saturated rings. The van der Waals surface area contributed by atoms with Crippen molar-refractivity contribution in [2.75, 3.05) is 52.6 Å². The van der Waals surface area contributed by atoms with Crippen molar-refractivity contribution < 1.29 is 14.6 Å². The highest BCUT2D eigenvalue weighted by molar-refractivity contribution is 5.23. The molecule has 5 heteroatoms. The van der Waals surface area contributed by atoms with Crippen LogP contribution in [0.25, 0.3) is 0 Å². The predicted octanol–water partition coefficient (Wildman–Crippen LogP) is 1.53. The summed E-state index contributed by atoms with van der Waals surface area (Å²) in [5.74, 6) is 0. The molecule has 3 rings (SSSR count). The smallest absolute Gasteiger partial charge is 0.0764 e. The zero-order valence-corrected chi connectivity index (χ0v) is 14.9. The average molecular weight is 334 g/mol. The Labute approximate surface area is 145 Å². The van der Waals surface area contributed by atoms with Gasteiger partial charge in [-0.2, -0.15) is 0 Å². The van der Waals surface area contributed by atoms with E-state index in [0.29, 0.717) is 0 Å². The van der Waals surface area contributed by atoms with Crippen molar-refractivity contribution in [2.24, 2.45) is 0 Å². The van der Waals surface area contributed by atoms with Gasteiger partial charge in [-0.15, -0.1) is 0 Å². The Morgan fingerprint density at radius 1 is 0.875 bits per heavy atom. The number of rotatable bonds is 5. The lowest BCUT2D eigenvalue weighted by atomic mass is 9.85. The van der Waals surface area contributed by atoms with E-state index in [1.807, 2.05) is 19.9 Å². The zero-order chi connectivity index (χ0) is 17.0. The van der Waals surface area contributed by atoms with Crippen LogP contribution in [0.15, 0.2) is 30.3 Å². The van der Waals surface area contributed by atoms with Gasteiger partial charge in [-0.3, -0.25) is 9.80 Å². The lowest BCUT2D eigenvalue weighted by molar-refractivity contribution is -0.102. The first kappa shape index (κ1) is 17.8. The molecule has 2 saturated heterocycles. The van der Waals surface area contributed by atoms with Crippen molar-refractivity contribution in [3.63, 3.8) is 0 Å². The quantitative estimate of drug-likeness (QED) is 0.885. The van der Waals surface area contributed by atoms with Gasteiger partial charge in [-0.25, -0.2) is 0 Å². The SMILES string of the molecule is CC(C)(O)C(C(c1ccccc1)N1CCOCC1)N1CCOCC1. The summed E-state index contributed by atoms with van der Waals surface area (Å²) in [4.78, 5) is 4.87. The number of hydrogen-bond acceptors (Lipinski definition) is 5. The second kappa shape index (κ2) is 7.93. The Hall–Kier alpha value is -0.980. The lowest BCUT2D eigenvalue weighted by Gasteiger charge is -2.49.